The summed E-state index contributed by atoms with van der Waals surface area (Å²) in [5, 5.41) is 5.39. The molecule has 0 amide bonds. The number of nitrogens with zero attached hydrogens (tertiary/aromatic N) is 3. The number of aryl methyl sites for hydroxylation is 1. The van der Waals surface area contributed by atoms with Crippen molar-refractivity contribution < 1.29 is 4.39 Å². The number of benzene rings is 2. The maximum absolute atomic E-state index is 15.2. The Bertz CT molecular complexity index is 1780. The minimum Gasteiger partial charge on any atom is -0.352 e. The summed E-state index contributed by atoms with van der Waals surface area (Å²) in [6.45, 7) is 0. The van der Waals surface area contributed by atoms with Gasteiger partial charge in [-0.15, -0.1) is 11.3 Å². The number of aromatic nitrogens is 3. The van der Waals surface area contributed by atoms with Gasteiger partial charge < -0.3 is 5.32 Å². The third kappa shape index (κ3) is 3.04. The normalized spacial score (nSPS) is 13.6. The lowest BCUT2D eigenvalue weighted by Gasteiger charge is -2.19. The Hall–Kier alpha value is -3.98. The van der Waals surface area contributed by atoms with Crippen LogP contribution in [0.4, 0.5) is 15.8 Å². The van der Waals surface area contributed by atoms with E-state index in [4.69, 9.17) is 0 Å². The number of rotatable bonds is 4. The number of halogens is 1. The molecule has 1 aliphatic carbocycles. The molecule has 170 valence electrons. The summed E-state index contributed by atoms with van der Waals surface area (Å²) in [6.07, 6.45) is 1.46. The van der Waals surface area contributed by atoms with Crippen molar-refractivity contribution in [3.63, 3.8) is 0 Å². The van der Waals surface area contributed by atoms with Crippen molar-refractivity contribution in [3.8, 4) is 5.69 Å². The van der Waals surface area contributed by atoms with Gasteiger partial charge in [0, 0.05) is 29.2 Å². The van der Waals surface area contributed by atoms with Gasteiger partial charge in [0.05, 0.1) is 17.1 Å². The highest BCUT2D eigenvalue weighted by Gasteiger charge is 2.31. The first-order valence-corrected chi connectivity index (χ1v) is 11.7. The van der Waals surface area contributed by atoms with Crippen LogP contribution < -0.4 is 22.1 Å². The van der Waals surface area contributed by atoms with E-state index in [-0.39, 0.29) is 28.5 Å². The van der Waals surface area contributed by atoms with Gasteiger partial charge in [0.2, 0.25) is 0 Å². The van der Waals surface area contributed by atoms with Crippen LogP contribution >= 0.6 is 11.3 Å². The Morgan fingerprint density at radius 1 is 1.00 bits per heavy atom. The van der Waals surface area contributed by atoms with E-state index < -0.39 is 22.6 Å². The van der Waals surface area contributed by atoms with Gasteiger partial charge in [0.25, 0.3) is 11.1 Å². The van der Waals surface area contributed by atoms with Gasteiger partial charge in [-0.3, -0.25) is 18.7 Å². The zero-order chi connectivity index (χ0) is 23.6. The average Bonchev–Trinajstić information content (AvgIpc) is 3.54. The lowest BCUT2D eigenvalue weighted by Crippen LogP contribution is -2.41. The molecule has 0 aliphatic heterocycles. The first-order chi connectivity index (χ1) is 16.5. The molecule has 0 bridgehead atoms. The van der Waals surface area contributed by atoms with E-state index in [1.165, 1.54) is 38.2 Å². The summed E-state index contributed by atoms with van der Waals surface area (Å²) in [5.74, 6) is -0.466. The zero-order valence-corrected chi connectivity index (χ0v) is 18.9. The monoisotopic (exact) mass is 474 g/mol. The summed E-state index contributed by atoms with van der Waals surface area (Å²) >= 11 is 1.43. The fraction of sp³-hybridized carbons (Fsp3) is 0.160. The van der Waals surface area contributed by atoms with Crippen LogP contribution in [0.15, 0.2) is 74.4 Å². The molecule has 5 aromatic rings. The first kappa shape index (κ1) is 20.6. The number of para-hydroxylation sites is 1. The van der Waals surface area contributed by atoms with Crippen LogP contribution in [-0.4, -0.2) is 13.7 Å². The Morgan fingerprint density at radius 3 is 2.50 bits per heavy atom. The molecular formula is C25H19FN4O3S. The highest BCUT2D eigenvalue weighted by Crippen LogP contribution is 2.34. The molecule has 0 radical (unpaired) electrons. The molecule has 0 atom stereocenters. The number of anilines is 2. The van der Waals surface area contributed by atoms with E-state index in [9.17, 15) is 14.4 Å². The zero-order valence-electron chi connectivity index (χ0n) is 18.1. The Kier molecular flexibility index (Phi) is 4.56. The molecule has 34 heavy (non-hydrogen) atoms. The van der Waals surface area contributed by atoms with E-state index in [0.29, 0.717) is 11.1 Å². The molecule has 1 fully saturated rings. The lowest BCUT2D eigenvalue weighted by molar-refractivity contribution is 0.637. The van der Waals surface area contributed by atoms with Crippen molar-refractivity contribution in [1.29, 1.82) is 0 Å². The lowest BCUT2D eigenvalue weighted by atomic mass is 10.2. The van der Waals surface area contributed by atoms with Crippen LogP contribution in [0.1, 0.15) is 18.9 Å². The summed E-state index contributed by atoms with van der Waals surface area (Å²) in [7, 11) is 1.52. The molecule has 6 rings (SSSR count). The van der Waals surface area contributed by atoms with Crippen molar-refractivity contribution in [1.82, 2.24) is 13.7 Å². The van der Waals surface area contributed by atoms with E-state index in [0.717, 1.165) is 17.5 Å². The van der Waals surface area contributed by atoms with Crippen LogP contribution in [0.5, 0.6) is 0 Å². The molecule has 3 aromatic heterocycles. The Balaban J connectivity index is 1.71. The molecule has 1 aliphatic rings. The number of pyridine rings is 1. The van der Waals surface area contributed by atoms with Crippen LogP contribution in [0.3, 0.4) is 0 Å². The summed E-state index contributed by atoms with van der Waals surface area (Å²) in [5.41, 5.74) is -0.422. The molecular weight excluding hydrogens is 455 g/mol. The summed E-state index contributed by atoms with van der Waals surface area (Å²) < 4.78 is 19.9. The van der Waals surface area contributed by atoms with Crippen LogP contribution in [0, 0.1) is 5.82 Å². The van der Waals surface area contributed by atoms with Gasteiger partial charge in [-0.2, -0.15) is 0 Å². The number of thiophene rings is 1. The van der Waals surface area contributed by atoms with Gasteiger partial charge in [-0.1, -0.05) is 18.2 Å². The highest BCUT2D eigenvalue weighted by atomic mass is 32.1. The standard InChI is InChI=1S/C25H19FN4O3S/c1-28-20(31)13-18(27-17-9-10-19-16(22(17)26)11-12-34-19)21-23(28)29(14-5-3-2-4-6-14)25(33)30(24(21)32)15-7-8-15/h2-6,9-13,15,27H,7-8H2,1H3. The van der Waals surface area contributed by atoms with Crippen molar-refractivity contribution in [3.05, 3.63) is 97.0 Å². The van der Waals surface area contributed by atoms with Crippen LogP contribution in [0.25, 0.3) is 26.8 Å². The van der Waals surface area contributed by atoms with Gasteiger partial charge in [0.1, 0.15) is 11.0 Å². The summed E-state index contributed by atoms with van der Waals surface area (Å²) in [4.78, 5) is 40.1. The molecule has 9 heteroatoms. The van der Waals surface area contributed by atoms with Crippen molar-refractivity contribution >= 4 is 43.8 Å². The quantitative estimate of drug-likeness (QED) is 0.422. The van der Waals surface area contributed by atoms with Gasteiger partial charge in [-0.25, -0.2) is 13.8 Å². The van der Waals surface area contributed by atoms with E-state index in [1.54, 1.807) is 47.8 Å². The van der Waals surface area contributed by atoms with Crippen LogP contribution in [-0.2, 0) is 7.05 Å². The maximum Gasteiger partial charge on any atom is 0.337 e. The smallest absolute Gasteiger partial charge is 0.337 e. The topological polar surface area (TPSA) is 78.0 Å². The van der Waals surface area contributed by atoms with Gasteiger partial charge in [0.15, 0.2) is 5.82 Å². The minimum absolute atomic E-state index is 0.148. The number of nitrogens with one attached hydrogen (secondary N) is 1. The Morgan fingerprint density at radius 2 is 1.76 bits per heavy atom. The highest BCUT2D eigenvalue weighted by molar-refractivity contribution is 7.17. The largest absolute Gasteiger partial charge is 0.352 e. The van der Waals surface area contributed by atoms with Crippen LogP contribution in [0.2, 0.25) is 0 Å². The second kappa shape index (κ2) is 7.53. The molecule has 1 saturated carbocycles. The fourth-order valence-electron chi connectivity index (χ4n) is 4.38. The molecule has 0 spiro atoms. The van der Waals surface area contributed by atoms with Crippen molar-refractivity contribution in [2.24, 2.45) is 7.05 Å². The van der Waals surface area contributed by atoms with Crippen molar-refractivity contribution in [2.75, 3.05) is 5.32 Å². The minimum atomic E-state index is -0.496. The van der Waals surface area contributed by atoms with E-state index >= 15 is 4.39 Å². The third-order valence-corrected chi connectivity index (χ3v) is 7.10. The van der Waals surface area contributed by atoms with E-state index in [1.807, 2.05) is 6.07 Å². The predicted molar refractivity (Wildman–Crippen MR) is 132 cm³/mol. The van der Waals surface area contributed by atoms with E-state index in [2.05, 4.69) is 5.32 Å². The van der Waals surface area contributed by atoms with Gasteiger partial charge in [-0.05, 0) is 48.6 Å². The van der Waals surface area contributed by atoms with Crippen molar-refractivity contribution in [2.45, 2.75) is 18.9 Å². The molecule has 0 saturated heterocycles. The number of hydrogen-bond donors (Lipinski definition) is 1. The second-order valence-electron chi connectivity index (χ2n) is 8.40. The molecule has 7 nitrogen and oxygen atoms in total. The third-order valence-electron chi connectivity index (χ3n) is 6.22. The number of hydrogen-bond acceptors (Lipinski definition) is 5. The molecule has 1 N–H and O–H groups in total. The summed E-state index contributed by atoms with van der Waals surface area (Å²) in [6, 6.07) is 15.0. The molecule has 2 aromatic carbocycles. The predicted octanol–water partition coefficient (Wildman–Crippen LogP) is 4.28. The average molecular weight is 475 g/mol. The SMILES string of the molecule is Cn1c(=O)cc(Nc2ccc3sccc3c2F)c2c(=O)n(C3CC3)c(=O)n(-c3ccccc3)c21. The Labute approximate surface area is 195 Å². The molecule has 3 heterocycles. The van der Waals surface area contributed by atoms with Gasteiger partial charge >= 0.3 is 5.69 Å². The maximum atomic E-state index is 15.2. The first-order valence-electron chi connectivity index (χ1n) is 10.8. The molecule has 0 unspecified atom stereocenters. The number of fused-ring (bicyclic) bond motifs is 2. The second-order valence-corrected chi connectivity index (χ2v) is 9.35. The fourth-order valence-corrected chi connectivity index (χ4v) is 5.16.